The molecule has 0 saturated carbocycles. The largest absolute Gasteiger partial charge is 0.280 e. The fourth-order valence-corrected chi connectivity index (χ4v) is 1.02. The first-order valence-electron chi connectivity index (χ1n) is 2.31. The second-order valence-electron chi connectivity index (χ2n) is 1.48. The van der Waals surface area contributed by atoms with Gasteiger partial charge in [-0.2, -0.15) is 0 Å². The van der Waals surface area contributed by atoms with Gasteiger partial charge in [0.2, 0.25) is 0 Å². The van der Waals surface area contributed by atoms with Crippen LogP contribution in [-0.2, 0) is 9.05 Å². The molecule has 11 heavy (non-hydrogen) atoms. The predicted octanol–water partition coefficient (Wildman–Crippen LogP) is 0.826. The number of rotatable bonds is 1. The van der Waals surface area contributed by atoms with E-state index in [4.69, 9.17) is 10.7 Å². The van der Waals surface area contributed by atoms with Crippen LogP contribution in [0.3, 0.4) is 0 Å². The summed E-state index contributed by atoms with van der Waals surface area (Å²) in [6.07, 6.45) is 3.71. The average Bonchev–Trinajstić information content (AvgIpc) is 1.88. The first-order chi connectivity index (χ1) is 4.61. The molecular weight excluding hydrogens is 211 g/mol. The van der Waals surface area contributed by atoms with Gasteiger partial charge in [-0.3, -0.25) is 4.98 Å². The van der Waals surface area contributed by atoms with Gasteiger partial charge in [0.1, 0.15) is 0 Å². The van der Waals surface area contributed by atoms with Crippen LogP contribution in [0.25, 0.3) is 0 Å². The van der Waals surface area contributed by atoms with Gasteiger partial charge in [-0.1, -0.05) is 0 Å². The molecule has 1 aromatic rings. The molecule has 1 aromatic heterocycles. The van der Waals surface area contributed by atoms with E-state index in [0.29, 0.717) is 0 Å². The van der Waals surface area contributed by atoms with E-state index in [0.717, 1.165) is 6.20 Å². The van der Waals surface area contributed by atoms with E-state index in [9.17, 15) is 8.42 Å². The van der Waals surface area contributed by atoms with Crippen LogP contribution >= 0.6 is 23.1 Å². The Morgan fingerprint density at radius 1 is 1.36 bits per heavy atom. The van der Waals surface area contributed by atoms with Crippen molar-refractivity contribution in [3.63, 3.8) is 0 Å². The third-order valence-corrected chi connectivity index (χ3v) is 1.97. The molecule has 0 N–H and O–H groups in total. The highest BCUT2D eigenvalue weighted by Crippen LogP contribution is 2.07. The smallest absolute Gasteiger partial charge is 0.260 e. The summed E-state index contributed by atoms with van der Waals surface area (Å²) < 4.78 is 21.0. The highest BCUT2D eigenvalue weighted by atomic mass is 35.7. The Kier molecular flexibility index (Phi) is 3.71. The van der Waals surface area contributed by atoms with E-state index >= 15 is 0 Å². The Hall–Kier alpha value is -0.390. The lowest BCUT2D eigenvalue weighted by Crippen LogP contribution is -1.93. The minimum Gasteiger partial charge on any atom is -0.260 e. The Bertz CT molecular complexity index is 312. The number of nitrogens with zero attached hydrogens (tertiary/aromatic N) is 2. The fraction of sp³-hybridized carbons (Fsp3) is 0. The molecule has 62 valence electrons. The summed E-state index contributed by atoms with van der Waals surface area (Å²) in [4.78, 5) is 6.99. The van der Waals surface area contributed by atoms with Crippen LogP contribution in [0, 0.1) is 0 Å². The minimum atomic E-state index is -3.70. The second kappa shape index (κ2) is 3.85. The quantitative estimate of drug-likeness (QED) is 0.651. The molecule has 4 nitrogen and oxygen atoms in total. The normalized spacial score (nSPS) is 10.3. The molecule has 0 aliphatic carbocycles. The van der Waals surface area contributed by atoms with Crippen LogP contribution in [0.4, 0.5) is 0 Å². The van der Waals surface area contributed by atoms with Gasteiger partial charge in [0.05, 0.1) is 6.20 Å². The molecule has 0 fully saturated rings. The summed E-state index contributed by atoms with van der Waals surface area (Å²) in [5.74, 6) is 0. The molecule has 0 aromatic carbocycles. The van der Waals surface area contributed by atoms with Crippen molar-refractivity contribution in [2.75, 3.05) is 0 Å². The van der Waals surface area contributed by atoms with Crippen molar-refractivity contribution < 1.29 is 8.42 Å². The Balaban J connectivity index is 0.000001000. The van der Waals surface area contributed by atoms with Gasteiger partial charge in [0.25, 0.3) is 9.05 Å². The Morgan fingerprint density at radius 3 is 2.27 bits per heavy atom. The molecule has 1 heterocycles. The van der Waals surface area contributed by atoms with E-state index in [2.05, 4.69) is 9.97 Å². The fourth-order valence-electron chi connectivity index (χ4n) is 0.411. The molecule has 0 amide bonds. The Morgan fingerprint density at radius 2 is 2.00 bits per heavy atom. The third-order valence-electron chi connectivity index (χ3n) is 0.789. The lowest BCUT2D eigenvalue weighted by molar-refractivity contribution is 0.605. The standard InChI is InChI=1S/C4H3ClN2O2S.ClH/c5-10(8,9)4-3-6-1-2-7-4;/h1-3H;1H. The summed E-state index contributed by atoms with van der Waals surface area (Å²) in [7, 11) is 1.22. The molecule has 0 saturated heterocycles. The SMILES string of the molecule is Cl.O=S(=O)(Cl)c1cnccn1. The van der Waals surface area contributed by atoms with Gasteiger partial charge in [-0.25, -0.2) is 13.4 Å². The Labute approximate surface area is 74.5 Å². The summed E-state index contributed by atoms with van der Waals surface area (Å²) in [5.41, 5.74) is 0. The van der Waals surface area contributed by atoms with Crippen LogP contribution in [0.1, 0.15) is 0 Å². The molecule has 0 aliphatic rings. The monoisotopic (exact) mass is 214 g/mol. The van der Waals surface area contributed by atoms with Crippen molar-refractivity contribution in [1.82, 2.24) is 9.97 Å². The van der Waals surface area contributed by atoms with Crippen LogP contribution < -0.4 is 0 Å². The molecule has 0 spiro atoms. The van der Waals surface area contributed by atoms with Crippen LogP contribution in [-0.4, -0.2) is 18.4 Å². The molecule has 0 radical (unpaired) electrons. The minimum absolute atomic E-state index is 0. The van der Waals surface area contributed by atoms with Crippen LogP contribution in [0.5, 0.6) is 0 Å². The van der Waals surface area contributed by atoms with Crippen molar-refractivity contribution in [3.8, 4) is 0 Å². The van der Waals surface area contributed by atoms with E-state index in [1.807, 2.05) is 0 Å². The zero-order valence-electron chi connectivity index (χ0n) is 5.14. The van der Waals surface area contributed by atoms with E-state index in [1.165, 1.54) is 12.4 Å². The zero-order valence-corrected chi connectivity index (χ0v) is 7.53. The second-order valence-corrected chi connectivity index (χ2v) is 3.99. The van der Waals surface area contributed by atoms with E-state index in [-0.39, 0.29) is 17.4 Å². The third kappa shape index (κ3) is 3.00. The highest BCUT2D eigenvalue weighted by molar-refractivity contribution is 8.13. The first kappa shape index (κ1) is 10.6. The molecule has 0 atom stereocenters. The summed E-state index contributed by atoms with van der Waals surface area (Å²) in [5, 5.41) is -0.225. The number of aromatic nitrogens is 2. The number of halogens is 2. The molecule has 0 unspecified atom stereocenters. The van der Waals surface area contributed by atoms with Gasteiger partial charge in [-0.05, 0) is 0 Å². The van der Waals surface area contributed by atoms with Crippen molar-refractivity contribution in [2.24, 2.45) is 0 Å². The lowest BCUT2D eigenvalue weighted by Gasteiger charge is -1.89. The maximum Gasteiger partial charge on any atom is 0.280 e. The predicted molar refractivity (Wildman–Crippen MR) is 42.3 cm³/mol. The molecule has 7 heteroatoms. The van der Waals surface area contributed by atoms with Gasteiger partial charge < -0.3 is 0 Å². The molecule has 1 rings (SSSR count). The van der Waals surface area contributed by atoms with Crippen molar-refractivity contribution in [3.05, 3.63) is 18.6 Å². The van der Waals surface area contributed by atoms with Crippen molar-refractivity contribution in [1.29, 1.82) is 0 Å². The maximum absolute atomic E-state index is 10.5. The summed E-state index contributed by atoms with van der Waals surface area (Å²) in [6, 6.07) is 0. The molecule has 0 bridgehead atoms. The van der Waals surface area contributed by atoms with E-state index < -0.39 is 9.05 Å². The molecular formula is C4H4Cl2N2O2S. The van der Waals surface area contributed by atoms with Crippen molar-refractivity contribution >= 4 is 32.1 Å². The van der Waals surface area contributed by atoms with Crippen LogP contribution in [0.15, 0.2) is 23.6 Å². The van der Waals surface area contributed by atoms with Gasteiger partial charge in [0.15, 0.2) is 5.03 Å². The summed E-state index contributed by atoms with van der Waals surface area (Å²) in [6.45, 7) is 0. The van der Waals surface area contributed by atoms with Crippen molar-refractivity contribution in [2.45, 2.75) is 5.03 Å². The topological polar surface area (TPSA) is 59.9 Å². The van der Waals surface area contributed by atoms with E-state index in [1.54, 1.807) is 0 Å². The summed E-state index contributed by atoms with van der Waals surface area (Å²) >= 11 is 0. The maximum atomic E-state index is 10.5. The lowest BCUT2D eigenvalue weighted by atomic mass is 10.8. The number of hydrogen-bond donors (Lipinski definition) is 0. The average molecular weight is 215 g/mol. The molecule has 0 aliphatic heterocycles. The van der Waals surface area contributed by atoms with Crippen LogP contribution in [0.2, 0.25) is 0 Å². The van der Waals surface area contributed by atoms with Gasteiger partial charge >= 0.3 is 0 Å². The first-order valence-corrected chi connectivity index (χ1v) is 4.62. The highest BCUT2D eigenvalue weighted by Gasteiger charge is 2.09. The number of hydrogen-bond acceptors (Lipinski definition) is 4. The van der Waals surface area contributed by atoms with Gasteiger partial charge in [0, 0.05) is 23.1 Å². The zero-order chi connectivity index (χ0) is 7.61. The van der Waals surface area contributed by atoms with Gasteiger partial charge in [-0.15, -0.1) is 12.4 Å².